The fourth-order valence-electron chi connectivity index (χ4n) is 2.10. The van der Waals surface area contributed by atoms with Crippen LogP contribution in [0.5, 0.6) is 0 Å². The molecule has 102 valence electrons. The first-order valence-electron chi connectivity index (χ1n) is 6.79. The lowest BCUT2D eigenvalue weighted by Crippen LogP contribution is -2.37. The summed E-state index contributed by atoms with van der Waals surface area (Å²) in [6.07, 6.45) is 2.09. The molecule has 2 amide bonds. The summed E-state index contributed by atoms with van der Waals surface area (Å²) in [5.41, 5.74) is 0.572. The molecule has 2 aromatic rings. The van der Waals surface area contributed by atoms with Crippen LogP contribution in [0.4, 0.5) is 0 Å². The summed E-state index contributed by atoms with van der Waals surface area (Å²) in [6, 6.07) is 13.7. The van der Waals surface area contributed by atoms with Gasteiger partial charge in [0.05, 0.1) is 6.54 Å². The molecule has 1 saturated carbocycles. The molecular formula is C16H16N2O2. The van der Waals surface area contributed by atoms with Gasteiger partial charge in [0.25, 0.3) is 5.91 Å². The minimum atomic E-state index is -0.221. The van der Waals surface area contributed by atoms with E-state index in [2.05, 4.69) is 10.6 Å². The Bertz CT molecular complexity index is 662. The topological polar surface area (TPSA) is 58.2 Å². The van der Waals surface area contributed by atoms with Crippen molar-refractivity contribution in [3.8, 4) is 0 Å². The van der Waals surface area contributed by atoms with E-state index in [0.717, 1.165) is 23.6 Å². The molecule has 0 heterocycles. The Balaban J connectivity index is 1.63. The minimum Gasteiger partial charge on any atom is -0.352 e. The molecule has 1 aliphatic rings. The van der Waals surface area contributed by atoms with Crippen LogP contribution in [0.3, 0.4) is 0 Å². The van der Waals surface area contributed by atoms with Crippen molar-refractivity contribution < 1.29 is 9.59 Å². The van der Waals surface area contributed by atoms with E-state index in [1.807, 2.05) is 36.4 Å². The third kappa shape index (κ3) is 2.96. The lowest BCUT2D eigenvalue weighted by atomic mass is 10.1. The molecule has 2 aromatic carbocycles. The number of fused-ring (bicyclic) bond motifs is 1. The van der Waals surface area contributed by atoms with Crippen LogP contribution >= 0.6 is 0 Å². The summed E-state index contributed by atoms with van der Waals surface area (Å²) < 4.78 is 0. The normalized spacial score (nSPS) is 14.0. The van der Waals surface area contributed by atoms with E-state index in [0.29, 0.717) is 11.6 Å². The van der Waals surface area contributed by atoms with Gasteiger partial charge in [0.2, 0.25) is 5.91 Å². The first-order valence-corrected chi connectivity index (χ1v) is 6.79. The van der Waals surface area contributed by atoms with Gasteiger partial charge < -0.3 is 10.6 Å². The number of rotatable bonds is 4. The van der Waals surface area contributed by atoms with Crippen LogP contribution in [0.15, 0.2) is 42.5 Å². The zero-order valence-electron chi connectivity index (χ0n) is 11.1. The lowest BCUT2D eigenvalue weighted by molar-refractivity contribution is -0.120. The molecule has 0 saturated heterocycles. The first kappa shape index (κ1) is 12.7. The third-order valence-electron chi connectivity index (χ3n) is 3.36. The van der Waals surface area contributed by atoms with Crippen LogP contribution in [0, 0.1) is 0 Å². The van der Waals surface area contributed by atoms with Crippen molar-refractivity contribution >= 4 is 22.6 Å². The van der Waals surface area contributed by atoms with Crippen LogP contribution in [0.25, 0.3) is 10.8 Å². The zero-order chi connectivity index (χ0) is 13.9. The van der Waals surface area contributed by atoms with Crippen molar-refractivity contribution in [1.82, 2.24) is 10.6 Å². The SMILES string of the molecule is O=C(CNC(=O)c1ccc2ccccc2c1)NC1CC1. The number of benzene rings is 2. The van der Waals surface area contributed by atoms with Gasteiger partial charge in [-0.1, -0.05) is 30.3 Å². The smallest absolute Gasteiger partial charge is 0.251 e. The second-order valence-electron chi connectivity index (χ2n) is 5.09. The largest absolute Gasteiger partial charge is 0.352 e. The maximum absolute atomic E-state index is 12.0. The molecule has 0 bridgehead atoms. The van der Waals surface area contributed by atoms with Gasteiger partial charge >= 0.3 is 0 Å². The number of nitrogens with one attached hydrogen (secondary N) is 2. The van der Waals surface area contributed by atoms with Gasteiger partial charge in [-0.15, -0.1) is 0 Å². The van der Waals surface area contributed by atoms with Crippen molar-refractivity contribution in [2.75, 3.05) is 6.54 Å². The van der Waals surface area contributed by atoms with Crippen LogP contribution in [0.2, 0.25) is 0 Å². The van der Waals surface area contributed by atoms with Crippen LogP contribution in [0.1, 0.15) is 23.2 Å². The molecule has 4 heteroatoms. The molecule has 3 rings (SSSR count). The third-order valence-corrected chi connectivity index (χ3v) is 3.36. The van der Waals surface area contributed by atoms with E-state index in [9.17, 15) is 9.59 Å². The number of carbonyl (C=O) groups is 2. The second-order valence-corrected chi connectivity index (χ2v) is 5.09. The number of hydrogen-bond donors (Lipinski definition) is 2. The predicted molar refractivity (Wildman–Crippen MR) is 77.4 cm³/mol. The van der Waals surface area contributed by atoms with Crippen molar-refractivity contribution in [3.63, 3.8) is 0 Å². The highest BCUT2D eigenvalue weighted by molar-refractivity contribution is 6.00. The Morgan fingerprint density at radius 1 is 1.05 bits per heavy atom. The molecule has 4 nitrogen and oxygen atoms in total. The van der Waals surface area contributed by atoms with E-state index >= 15 is 0 Å². The molecule has 0 radical (unpaired) electrons. The Labute approximate surface area is 117 Å². The molecule has 20 heavy (non-hydrogen) atoms. The first-order chi connectivity index (χ1) is 9.72. The van der Waals surface area contributed by atoms with E-state index in [4.69, 9.17) is 0 Å². The molecule has 2 N–H and O–H groups in total. The summed E-state index contributed by atoms with van der Waals surface area (Å²) in [6.45, 7) is 0.0299. The van der Waals surface area contributed by atoms with E-state index < -0.39 is 0 Å². The quantitative estimate of drug-likeness (QED) is 0.889. The highest BCUT2D eigenvalue weighted by Gasteiger charge is 2.23. The van der Waals surface area contributed by atoms with Gasteiger partial charge in [-0.25, -0.2) is 0 Å². The fraction of sp³-hybridized carbons (Fsp3) is 0.250. The van der Waals surface area contributed by atoms with Crippen LogP contribution in [-0.4, -0.2) is 24.4 Å². The van der Waals surface area contributed by atoms with E-state index in [1.165, 1.54) is 0 Å². The van der Waals surface area contributed by atoms with Gasteiger partial charge in [0, 0.05) is 11.6 Å². The summed E-state index contributed by atoms with van der Waals surface area (Å²) in [7, 11) is 0. The van der Waals surface area contributed by atoms with Gasteiger partial charge in [0.15, 0.2) is 0 Å². The van der Waals surface area contributed by atoms with Gasteiger partial charge in [-0.05, 0) is 35.7 Å². The maximum atomic E-state index is 12.0. The molecule has 0 aliphatic heterocycles. The number of amides is 2. The molecule has 0 unspecified atom stereocenters. The average molecular weight is 268 g/mol. The number of carbonyl (C=O) groups excluding carboxylic acids is 2. The molecule has 0 atom stereocenters. The highest BCUT2D eigenvalue weighted by atomic mass is 16.2. The van der Waals surface area contributed by atoms with E-state index in [-0.39, 0.29) is 18.4 Å². The fourth-order valence-corrected chi connectivity index (χ4v) is 2.10. The van der Waals surface area contributed by atoms with E-state index in [1.54, 1.807) is 6.07 Å². The molecule has 0 aromatic heterocycles. The Kier molecular flexibility index (Phi) is 3.37. The highest BCUT2D eigenvalue weighted by Crippen LogP contribution is 2.18. The van der Waals surface area contributed by atoms with Crippen LogP contribution < -0.4 is 10.6 Å². The van der Waals surface area contributed by atoms with Crippen molar-refractivity contribution in [2.24, 2.45) is 0 Å². The minimum absolute atomic E-state index is 0.0299. The van der Waals surface area contributed by atoms with Crippen molar-refractivity contribution in [2.45, 2.75) is 18.9 Å². The zero-order valence-corrected chi connectivity index (χ0v) is 11.1. The average Bonchev–Trinajstić information content (AvgIpc) is 3.28. The lowest BCUT2D eigenvalue weighted by Gasteiger charge is -2.07. The Morgan fingerprint density at radius 3 is 2.55 bits per heavy atom. The summed E-state index contributed by atoms with van der Waals surface area (Å²) in [5.74, 6) is -0.344. The monoisotopic (exact) mass is 268 g/mol. The van der Waals surface area contributed by atoms with Gasteiger partial charge in [0.1, 0.15) is 0 Å². The summed E-state index contributed by atoms with van der Waals surface area (Å²) in [5, 5.41) is 7.59. The van der Waals surface area contributed by atoms with Crippen molar-refractivity contribution in [1.29, 1.82) is 0 Å². The standard InChI is InChI=1S/C16H16N2O2/c19-15(18-14-7-8-14)10-17-16(20)13-6-5-11-3-1-2-4-12(11)9-13/h1-6,9,14H,7-8,10H2,(H,17,20)(H,18,19). The molecular weight excluding hydrogens is 252 g/mol. The Morgan fingerprint density at radius 2 is 1.80 bits per heavy atom. The van der Waals surface area contributed by atoms with Gasteiger partial charge in [-0.3, -0.25) is 9.59 Å². The van der Waals surface area contributed by atoms with Gasteiger partial charge in [-0.2, -0.15) is 0 Å². The van der Waals surface area contributed by atoms with Crippen molar-refractivity contribution in [3.05, 3.63) is 48.0 Å². The summed E-state index contributed by atoms with van der Waals surface area (Å²) >= 11 is 0. The molecule has 1 aliphatic carbocycles. The van der Waals surface area contributed by atoms with Crippen LogP contribution in [-0.2, 0) is 4.79 Å². The Hall–Kier alpha value is -2.36. The number of hydrogen-bond acceptors (Lipinski definition) is 2. The molecule has 1 fully saturated rings. The summed E-state index contributed by atoms with van der Waals surface area (Å²) in [4.78, 5) is 23.5. The maximum Gasteiger partial charge on any atom is 0.251 e. The second kappa shape index (κ2) is 5.33. The predicted octanol–water partition coefficient (Wildman–Crippen LogP) is 1.85. The molecule has 0 spiro atoms.